The van der Waals surface area contributed by atoms with E-state index in [0.29, 0.717) is 5.56 Å². The molecule has 0 aromatic heterocycles. The standard InChI is InChI=1S/C22H21FO7/c1-14(24)28-21-22(2,23)18(30-20(26)16-11-7-4-8-12-16)17(29-21)13-27-19(25)15-9-5-3-6-10-15/h3-12,17-18,21H,13H2,1-2H3/t17-,18-,21+,22?/m1/s1. The lowest BCUT2D eigenvalue weighted by atomic mass is 9.99. The predicted octanol–water partition coefficient (Wildman–Crippen LogP) is 3.09. The molecule has 1 aliphatic rings. The molecule has 4 atom stereocenters. The summed E-state index contributed by atoms with van der Waals surface area (Å²) in [6.45, 7) is 1.80. The van der Waals surface area contributed by atoms with Gasteiger partial charge in [-0.15, -0.1) is 0 Å². The minimum atomic E-state index is -2.36. The lowest BCUT2D eigenvalue weighted by Crippen LogP contribution is -2.46. The molecule has 1 fully saturated rings. The van der Waals surface area contributed by atoms with Crippen LogP contribution in [0.1, 0.15) is 34.6 Å². The summed E-state index contributed by atoms with van der Waals surface area (Å²) < 4.78 is 36.4. The summed E-state index contributed by atoms with van der Waals surface area (Å²) in [5.41, 5.74) is -1.85. The van der Waals surface area contributed by atoms with Crippen LogP contribution in [0, 0.1) is 0 Å². The number of alkyl halides is 1. The van der Waals surface area contributed by atoms with Crippen molar-refractivity contribution < 1.29 is 37.7 Å². The topological polar surface area (TPSA) is 88.1 Å². The highest BCUT2D eigenvalue weighted by Gasteiger charge is 2.59. The molecule has 2 aromatic rings. The maximum atomic E-state index is 15.5. The predicted molar refractivity (Wildman–Crippen MR) is 102 cm³/mol. The van der Waals surface area contributed by atoms with Crippen molar-refractivity contribution in [3.05, 3.63) is 71.8 Å². The molecular weight excluding hydrogens is 395 g/mol. The first kappa shape index (κ1) is 21.4. The van der Waals surface area contributed by atoms with Crippen LogP contribution in [0.3, 0.4) is 0 Å². The van der Waals surface area contributed by atoms with Gasteiger partial charge >= 0.3 is 17.9 Å². The fourth-order valence-electron chi connectivity index (χ4n) is 3.05. The minimum Gasteiger partial charge on any atom is -0.459 e. The van der Waals surface area contributed by atoms with Crippen LogP contribution in [0.4, 0.5) is 4.39 Å². The summed E-state index contributed by atoms with van der Waals surface area (Å²) in [7, 11) is 0. The fourth-order valence-corrected chi connectivity index (χ4v) is 3.05. The molecule has 0 saturated carbocycles. The van der Waals surface area contributed by atoms with Crippen LogP contribution < -0.4 is 0 Å². The van der Waals surface area contributed by atoms with Gasteiger partial charge in [0.15, 0.2) is 6.10 Å². The molecule has 1 aliphatic heterocycles. The Bertz CT molecular complexity index is 898. The Morgan fingerprint density at radius 2 is 1.47 bits per heavy atom. The first-order valence-electron chi connectivity index (χ1n) is 9.29. The highest BCUT2D eigenvalue weighted by atomic mass is 19.1. The molecule has 0 N–H and O–H groups in total. The second kappa shape index (κ2) is 9.04. The van der Waals surface area contributed by atoms with Crippen molar-refractivity contribution in [2.45, 2.75) is 38.0 Å². The molecule has 1 heterocycles. The van der Waals surface area contributed by atoms with Gasteiger partial charge in [-0.05, 0) is 31.2 Å². The van der Waals surface area contributed by atoms with Gasteiger partial charge in [-0.3, -0.25) is 4.79 Å². The largest absolute Gasteiger partial charge is 0.459 e. The van der Waals surface area contributed by atoms with Gasteiger partial charge in [-0.1, -0.05) is 36.4 Å². The van der Waals surface area contributed by atoms with Crippen molar-refractivity contribution in [3.63, 3.8) is 0 Å². The number of carbonyl (C=O) groups is 3. The second-order valence-electron chi connectivity index (χ2n) is 6.92. The van der Waals surface area contributed by atoms with Gasteiger partial charge in [0.25, 0.3) is 0 Å². The van der Waals surface area contributed by atoms with Gasteiger partial charge in [0.2, 0.25) is 12.0 Å². The van der Waals surface area contributed by atoms with E-state index in [1.165, 1.54) is 12.1 Å². The minimum absolute atomic E-state index is 0.212. The summed E-state index contributed by atoms with van der Waals surface area (Å²) in [6.07, 6.45) is -4.27. The number of hydrogen-bond donors (Lipinski definition) is 0. The third-order valence-electron chi connectivity index (χ3n) is 4.56. The molecule has 7 nitrogen and oxygen atoms in total. The first-order chi connectivity index (χ1) is 14.3. The molecule has 158 valence electrons. The Balaban J connectivity index is 1.76. The molecule has 1 unspecified atom stereocenters. The van der Waals surface area contributed by atoms with Crippen LogP contribution in [0.25, 0.3) is 0 Å². The highest BCUT2D eigenvalue weighted by molar-refractivity contribution is 5.90. The molecule has 0 aliphatic carbocycles. The van der Waals surface area contributed by atoms with Crippen molar-refractivity contribution in [2.75, 3.05) is 6.61 Å². The van der Waals surface area contributed by atoms with E-state index in [-0.39, 0.29) is 5.56 Å². The van der Waals surface area contributed by atoms with E-state index in [2.05, 4.69) is 0 Å². The van der Waals surface area contributed by atoms with Crippen LogP contribution in [0.5, 0.6) is 0 Å². The molecule has 0 bridgehead atoms. The molecule has 3 rings (SSSR count). The maximum Gasteiger partial charge on any atom is 0.338 e. The number of halogens is 1. The molecular formula is C22H21FO7. The van der Waals surface area contributed by atoms with E-state index in [4.69, 9.17) is 18.9 Å². The van der Waals surface area contributed by atoms with Crippen LogP contribution >= 0.6 is 0 Å². The number of hydrogen-bond acceptors (Lipinski definition) is 7. The van der Waals surface area contributed by atoms with Gasteiger partial charge in [0, 0.05) is 6.92 Å². The third kappa shape index (κ3) is 4.83. The SMILES string of the molecule is CC(=O)O[C@H]1O[C@H](COC(=O)c2ccccc2)[C@@H](OC(=O)c2ccccc2)C1(C)F. The van der Waals surface area contributed by atoms with Gasteiger partial charge in [0.1, 0.15) is 12.7 Å². The molecule has 1 saturated heterocycles. The number of esters is 3. The molecule has 0 amide bonds. The Labute approximate surface area is 172 Å². The van der Waals surface area contributed by atoms with Crippen LogP contribution in [-0.4, -0.2) is 48.7 Å². The Kier molecular flexibility index (Phi) is 6.47. The van der Waals surface area contributed by atoms with Crippen molar-refractivity contribution in [2.24, 2.45) is 0 Å². The average Bonchev–Trinajstić information content (AvgIpc) is 2.96. The number of ether oxygens (including phenoxy) is 4. The van der Waals surface area contributed by atoms with Crippen molar-refractivity contribution in [3.8, 4) is 0 Å². The average molecular weight is 416 g/mol. The summed E-state index contributed by atoms with van der Waals surface area (Å²) in [5, 5.41) is 0. The first-order valence-corrected chi connectivity index (χ1v) is 9.29. The van der Waals surface area contributed by atoms with Crippen molar-refractivity contribution in [1.29, 1.82) is 0 Å². The number of carbonyl (C=O) groups excluding carboxylic acids is 3. The molecule has 8 heteroatoms. The molecule has 30 heavy (non-hydrogen) atoms. The van der Waals surface area contributed by atoms with E-state index in [1.807, 2.05) is 0 Å². The van der Waals surface area contributed by atoms with Crippen molar-refractivity contribution >= 4 is 17.9 Å². The lowest BCUT2D eigenvalue weighted by molar-refractivity contribution is -0.193. The Morgan fingerprint density at radius 1 is 0.933 bits per heavy atom. The van der Waals surface area contributed by atoms with Crippen LogP contribution in [0.2, 0.25) is 0 Å². The number of rotatable bonds is 6. The quantitative estimate of drug-likeness (QED) is 0.528. The summed E-state index contributed by atoms with van der Waals surface area (Å²) >= 11 is 0. The molecule has 0 radical (unpaired) electrons. The Hall–Kier alpha value is -3.26. The number of benzene rings is 2. The van der Waals surface area contributed by atoms with Gasteiger partial charge in [-0.25, -0.2) is 14.0 Å². The zero-order chi connectivity index (χ0) is 21.7. The lowest BCUT2D eigenvalue weighted by Gasteiger charge is -2.26. The van der Waals surface area contributed by atoms with Gasteiger partial charge in [0.05, 0.1) is 11.1 Å². The monoisotopic (exact) mass is 416 g/mol. The molecule has 0 spiro atoms. The van der Waals surface area contributed by atoms with E-state index >= 15 is 4.39 Å². The fraction of sp³-hybridized carbons (Fsp3) is 0.318. The summed E-state index contributed by atoms with van der Waals surface area (Å²) in [5.74, 6) is -2.20. The smallest absolute Gasteiger partial charge is 0.338 e. The molecule has 2 aromatic carbocycles. The zero-order valence-corrected chi connectivity index (χ0v) is 16.4. The van der Waals surface area contributed by atoms with Crippen LogP contribution in [0.15, 0.2) is 60.7 Å². The van der Waals surface area contributed by atoms with E-state index in [1.54, 1.807) is 48.5 Å². The third-order valence-corrected chi connectivity index (χ3v) is 4.56. The van der Waals surface area contributed by atoms with Gasteiger partial charge < -0.3 is 18.9 Å². The zero-order valence-electron chi connectivity index (χ0n) is 16.4. The van der Waals surface area contributed by atoms with E-state index < -0.39 is 48.7 Å². The maximum absolute atomic E-state index is 15.5. The summed E-state index contributed by atoms with van der Waals surface area (Å²) in [6, 6.07) is 16.2. The van der Waals surface area contributed by atoms with Crippen LogP contribution in [-0.2, 0) is 23.7 Å². The highest BCUT2D eigenvalue weighted by Crippen LogP contribution is 2.38. The second-order valence-corrected chi connectivity index (χ2v) is 6.92. The van der Waals surface area contributed by atoms with Crippen molar-refractivity contribution in [1.82, 2.24) is 0 Å². The van der Waals surface area contributed by atoms with E-state index in [0.717, 1.165) is 13.8 Å². The normalized spacial score (nSPS) is 25.4. The summed E-state index contributed by atoms with van der Waals surface area (Å²) in [4.78, 5) is 36.0. The van der Waals surface area contributed by atoms with Gasteiger partial charge in [-0.2, -0.15) is 0 Å². The van der Waals surface area contributed by atoms with E-state index in [9.17, 15) is 14.4 Å². The Morgan fingerprint density at radius 3 is 2.00 bits per heavy atom.